The lowest BCUT2D eigenvalue weighted by Crippen LogP contribution is -2.38. The van der Waals surface area contributed by atoms with E-state index in [-0.39, 0.29) is 11.1 Å². The lowest BCUT2D eigenvalue weighted by Gasteiger charge is -2.25. The van der Waals surface area contributed by atoms with Crippen molar-refractivity contribution in [3.05, 3.63) is 35.4 Å². The number of nitrogens with zero attached hydrogens (tertiary/aromatic N) is 1. The molecule has 98 valence electrons. The third-order valence-corrected chi connectivity index (χ3v) is 2.62. The summed E-state index contributed by atoms with van der Waals surface area (Å²) in [7, 11) is 0. The fourth-order valence-corrected chi connectivity index (χ4v) is 1.82. The minimum atomic E-state index is -4.89. The first-order valence-electron chi connectivity index (χ1n) is 4.99. The Bertz CT molecular complexity index is 485. The van der Waals surface area contributed by atoms with E-state index in [9.17, 15) is 26.3 Å². The van der Waals surface area contributed by atoms with Crippen molar-refractivity contribution in [1.82, 2.24) is 0 Å². The molecule has 18 heavy (non-hydrogen) atoms. The van der Waals surface area contributed by atoms with Gasteiger partial charge in [0, 0.05) is 12.0 Å². The normalized spacial score (nSPS) is 20.3. The lowest BCUT2D eigenvalue weighted by molar-refractivity contribution is -0.147. The molecular formula is C11H7F6N. The standard InChI is InChI=1S/C11H7F6N/c12-10(13,14)8-5-6-3-1-2-4-7(6)9(18-8)11(15,16)17/h1-4,8H,5H2. The van der Waals surface area contributed by atoms with E-state index in [1.807, 2.05) is 0 Å². The highest BCUT2D eigenvalue weighted by Gasteiger charge is 2.47. The molecule has 0 fully saturated rings. The van der Waals surface area contributed by atoms with Crippen LogP contribution in [0, 0.1) is 0 Å². The van der Waals surface area contributed by atoms with Gasteiger partial charge in [0.1, 0.15) is 5.71 Å². The Kier molecular flexibility index (Phi) is 2.87. The molecule has 0 saturated heterocycles. The quantitative estimate of drug-likeness (QED) is 0.638. The topological polar surface area (TPSA) is 12.4 Å². The first kappa shape index (κ1) is 12.9. The number of rotatable bonds is 0. The zero-order chi connectivity index (χ0) is 13.6. The number of benzene rings is 1. The molecular weight excluding hydrogens is 260 g/mol. The first-order valence-corrected chi connectivity index (χ1v) is 4.99. The summed E-state index contributed by atoms with van der Waals surface area (Å²) >= 11 is 0. The predicted molar refractivity (Wildman–Crippen MR) is 52.6 cm³/mol. The number of hydrogen-bond donors (Lipinski definition) is 0. The fourth-order valence-electron chi connectivity index (χ4n) is 1.82. The molecule has 0 N–H and O–H groups in total. The first-order chi connectivity index (χ1) is 8.19. The van der Waals surface area contributed by atoms with Crippen molar-refractivity contribution in [3.8, 4) is 0 Å². The van der Waals surface area contributed by atoms with Crippen molar-refractivity contribution < 1.29 is 26.3 Å². The van der Waals surface area contributed by atoms with Gasteiger partial charge in [-0.05, 0) is 5.56 Å². The van der Waals surface area contributed by atoms with Gasteiger partial charge in [0.15, 0.2) is 6.04 Å². The van der Waals surface area contributed by atoms with Crippen LogP contribution in [0.25, 0.3) is 0 Å². The molecule has 1 aliphatic heterocycles. The molecule has 1 aliphatic rings. The third-order valence-electron chi connectivity index (χ3n) is 2.62. The molecule has 2 rings (SSSR count). The van der Waals surface area contributed by atoms with Crippen LogP contribution < -0.4 is 0 Å². The maximum Gasteiger partial charge on any atom is 0.433 e. The van der Waals surface area contributed by atoms with Gasteiger partial charge >= 0.3 is 12.4 Å². The van der Waals surface area contributed by atoms with Gasteiger partial charge in [0.05, 0.1) is 0 Å². The van der Waals surface area contributed by atoms with Crippen LogP contribution in [0.3, 0.4) is 0 Å². The highest BCUT2D eigenvalue weighted by Crippen LogP contribution is 2.35. The van der Waals surface area contributed by atoms with Gasteiger partial charge in [-0.25, -0.2) is 0 Å². The van der Waals surface area contributed by atoms with E-state index in [1.165, 1.54) is 18.2 Å². The highest BCUT2D eigenvalue weighted by molar-refractivity contribution is 6.06. The second kappa shape index (κ2) is 4.00. The largest absolute Gasteiger partial charge is 0.433 e. The molecule has 1 aromatic rings. The van der Waals surface area contributed by atoms with Crippen LogP contribution in [0.4, 0.5) is 26.3 Å². The molecule has 0 aromatic heterocycles. The van der Waals surface area contributed by atoms with Crippen LogP contribution in [-0.2, 0) is 6.42 Å². The molecule has 0 amide bonds. The van der Waals surface area contributed by atoms with Gasteiger partial charge in [0.2, 0.25) is 0 Å². The average molecular weight is 267 g/mol. The smallest absolute Gasteiger partial charge is 0.267 e. The molecule has 1 nitrogen and oxygen atoms in total. The molecule has 1 aromatic carbocycles. The van der Waals surface area contributed by atoms with Crippen molar-refractivity contribution in [1.29, 1.82) is 0 Å². The zero-order valence-corrected chi connectivity index (χ0v) is 8.81. The summed E-state index contributed by atoms with van der Waals surface area (Å²) in [5.74, 6) is 0. The van der Waals surface area contributed by atoms with Crippen LogP contribution in [-0.4, -0.2) is 24.1 Å². The molecule has 1 unspecified atom stereocenters. The Labute approximate surface area is 98.1 Å². The summed E-state index contributed by atoms with van der Waals surface area (Å²) in [6, 6.07) is 2.81. The highest BCUT2D eigenvalue weighted by atomic mass is 19.4. The third kappa shape index (κ3) is 2.34. The van der Waals surface area contributed by atoms with Gasteiger partial charge < -0.3 is 0 Å². The molecule has 0 aliphatic carbocycles. The molecule has 1 atom stereocenters. The lowest BCUT2D eigenvalue weighted by atomic mass is 9.93. The van der Waals surface area contributed by atoms with Gasteiger partial charge in [-0.3, -0.25) is 4.99 Å². The van der Waals surface area contributed by atoms with Gasteiger partial charge in [-0.1, -0.05) is 24.3 Å². The average Bonchev–Trinajstić information content (AvgIpc) is 2.25. The molecule has 0 bridgehead atoms. The van der Waals surface area contributed by atoms with E-state index in [1.54, 1.807) is 0 Å². The fraction of sp³-hybridized carbons (Fsp3) is 0.364. The number of alkyl halides is 6. The van der Waals surface area contributed by atoms with Crippen LogP contribution >= 0.6 is 0 Å². The Balaban J connectivity index is 2.54. The SMILES string of the molecule is FC(F)(F)C1=NC(C(F)(F)F)Cc2ccccc21. The van der Waals surface area contributed by atoms with Crippen molar-refractivity contribution >= 4 is 5.71 Å². The summed E-state index contributed by atoms with van der Waals surface area (Å²) in [5, 5.41) is 0. The van der Waals surface area contributed by atoms with E-state index < -0.39 is 30.5 Å². The van der Waals surface area contributed by atoms with Crippen LogP contribution in [0.5, 0.6) is 0 Å². The maximum absolute atomic E-state index is 12.7. The van der Waals surface area contributed by atoms with Gasteiger partial charge in [-0.2, -0.15) is 26.3 Å². The van der Waals surface area contributed by atoms with E-state index in [2.05, 4.69) is 4.99 Å². The number of aliphatic imine (C=N–C) groups is 1. The maximum atomic E-state index is 12.7. The van der Waals surface area contributed by atoms with E-state index in [0.29, 0.717) is 0 Å². The van der Waals surface area contributed by atoms with Gasteiger partial charge in [-0.15, -0.1) is 0 Å². The van der Waals surface area contributed by atoms with Crippen LogP contribution in [0.2, 0.25) is 0 Å². The predicted octanol–water partition coefficient (Wildman–Crippen LogP) is 3.53. The second-order valence-electron chi connectivity index (χ2n) is 3.89. The van der Waals surface area contributed by atoms with Crippen LogP contribution in [0.1, 0.15) is 11.1 Å². The summed E-state index contributed by atoms with van der Waals surface area (Å²) in [5.41, 5.74) is -1.71. The molecule has 0 spiro atoms. The Morgan fingerprint density at radius 2 is 1.61 bits per heavy atom. The van der Waals surface area contributed by atoms with Crippen molar-refractivity contribution in [2.24, 2.45) is 4.99 Å². The Morgan fingerprint density at radius 1 is 1.00 bits per heavy atom. The number of hydrogen-bond acceptors (Lipinski definition) is 1. The minimum Gasteiger partial charge on any atom is -0.267 e. The Hall–Kier alpha value is -1.53. The summed E-state index contributed by atoms with van der Waals surface area (Å²) < 4.78 is 75.6. The summed E-state index contributed by atoms with van der Waals surface area (Å²) in [6.45, 7) is 0. The van der Waals surface area contributed by atoms with Crippen molar-refractivity contribution in [2.75, 3.05) is 0 Å². The molecule has 1 heterocycles. The Morgan fingerprint density at radius 3 is 2.17 bits per heavy atom. The molecule has 7 heteroatoms. The van der Waals surface area contributed by atoms with Crippen LogP contribution in [0.15, 0.2) is 29.3 Å². The summed E-state index contributed by atoms with van der Waals surface area (Å²) in [4.78, 5) is 2.83. The monoisotopic (exact) mass is 267 g/mol. The number of fused-ring (bicyclic) bond motifs is 1. The molecule has 0 saturated carbocycles. The zero-order valence-electron chi connectivity index (χ0n) is 8.81. The van der Waals surface area contributed by atoms with Crippen molar-refractivity contribution in [2.45, 2.75) is 24.8 Å². The van der Waals surface area contributed by atoms with E-state index in [4.69, 9.17) is 0 Å². The molecule has 0 radical (unpaired) electrons. The number of halogens is 6. The van der Waals surface area contributed by atoms with Gasteiger partial charge in [0.25, 0.3) is 0 Å². The van der Waals surface area contributed by atoms with E-state index in [0.717, 1.165) is 6.07 Å². The minimum absolute atomic E-state index is 0.0159. The van der Waals surface area contributed by atoms with Crippen molar-refractivity contribution in [3.63, 3.8) is 0 Å². The second-order valence-corrected chi connectivity index (χ2v) is 3.89. The van der Waals surface area contributed by atoms with E-state index >= 15 is 0 Å². The summed E-state index contributed by atoms with van der Waals surface area (Å²) in [6.07, 6.45) is -10.2.